The minimum Gasteiger partial charge on any atom is -0.492 e. The molecule has 1 heterocycles. The molecule has 0 fully saturated rings. The Bertz CT molecular complexity index is 853. The van der Waals surface area contributed by atoms with Crippen LogP contribution in [-0.2, 0) is 0 Å². The number of carbonyl (C=O) groups excluding carboxylic acids is 1. The van der Waals surface area contributed by atoms with Gasteiger partial charge in [-0.25, -0.2) is 4.79 Å². The van der Waals surface area contributed by atoms with Gasteiger partial charge in [-0.15, -0.1) is 0 Å². The number of hydrogen-bond acceptors (Lipinski definition) is 3. The third kappa shape index (κ3) is 3.94. The van der Waals surface area contributed by atoms with Crippen molar-refractivity contribution in [3.05, 3.63) is 59.9 Å². The summed E-state index contributed by atoms with van der Waals surface area (Å²) in [5.41, 5.74) is 2.52. The summed E-state index contributed by atoms with van der Waals surface area (Å²) in [5.74, 6) is 1.37. The van der Waals surface area contributed by atoms with Crippen LogP contribution in [0.2, 0.25) is 0 Å². The Balaban J connectivity index is 1.69. The lowest BCUT2D eigenvalue weighted by Crippen LogP contribution is -2.31. The highest BCUT2D eigenvalue weighted by molar-refractivity contribution is 5.91. The van der Waals surface area contributed by atoms with E-state index >= 15 is 0 Å². The molecule has 0 spiro atoms. The molecule has 0 radical (unpaired) electrons. The number of urea groups is 1. The van der Waals surface area contributed by atoms with Crippen LogP contribution in [0.1, 0.15) is 31.2 Å². The van der Waals surface area contributed by atoms with Gasteiger partial charge in [0.15, 0.2) is 0 Å². The predicted octanol–water partition coefficient (Wildman–Crippen LogP) is 5.02. The molecule has 25 heavy (non-hydrogen) atoms. The van der Waals surface area contributed by atoms with Crippen LogP contribution >= 0.6 is 0 Å². The number of hydrogen-bond donors (Lipinski definition) is 2. The molecule has 2 amide bonds. The molecular weight excluding hydrogens is 316 g/mol. The largest absolute Gasteiger partial charge is 0.492 e. The number of para-hydroxylation sites is 1. The maximum Gasteiger partial charge on any atom is 0.319 e. The van der Waals surface area contributed by atoms with Gasteiger partial charge in [-0.3, -0.25) is 0 Å². The molecule has 0 bridgehead atoms. The summed E-state index contributed by atoms with van der Waals surface area (Å²) < 4.78 is 11.4. The molecule has 0 aliphatic rings. The van der Waals surface area contributed by atoms with Gasteiger partial charge in [0.05, 0.1) is 18.3 Å². The van der Waals surface area contributed by atoms with E-state index in [1.165, 1.54) is 0 Å². The summed E-state index contributed by atoms with van der Waals surface area (Å²) >= 11 is 0. The van der Waals surface area contributed by atoms with Crippen LogP contribution < -0.4 is 15.4 Å². The van der Waals surface area contributed by atoms with Gasteiger partial charge in [0, 0.05) is 5.39 Å². The third-order valence-corrected chi connectivity index (χ3v) is 3.90. The molecule has 1 aromatic heterocycles. The molecule has 1 atom stereocenters. The third-order valence-electron chi connectivity index (χ3n) is 3.90. The number of aryl methyl sites for hydroxylation is 1. The molecule has 5 heteroatoms. The Morgan fingerprint density at radius 3 is 2.76 bits per heavy atom. The fourth-order valence-electron chi connectivity index (χ4n) is 2.65. The van der Waals surface area contributed by atoms with Gasteiger partial charge in [-0.1, -0.05) is 24.3 Å². The Labute approximate surface area is 147 Å². The molecule has 0 aliphatic carbocycles. The molecule has 1 unspecified atom stereocenters. The number of nitrogens with one attached hydrogen (secondary N) is 2. The lowest BCUT2D eigenvalue weighted by Gasteiger charge is -2.15. The summed E-state index contributed by atoms with van der Waals surface area (Å²) in [5, 5.41) is 6.75. The summed E-state index contributed by atoms with van der Waals surface area (Å²) in [7, 11) is 0. The first-order valence-electron chi connectivity index (χ1n) is 8.36. The standard InChI is InChI=1S/C20H22N2O3/c1-4-24-19-11-13(2)9-10-16(19)22-20(23)21-14(3)18-12-15-7-5-6-8-17(15)25-18/h5-12,14H,4H2,1-3H3,(H2,21,22,23). The smallest absolute Gasteiger partial charge is 0.319 e. The van der Waals surface area contributed by atoms with Gasteiger partial charge in [-0.05, 0) is 50.6 Å². The zero-order valence-corrected chi connectivity index (χ0v) is 14.6. The van der Waals surface area contributed by atoms with E-state index in [2.05, 4.69) is 10.6 Å². The second-order valence-corrected chi connectivity index (χ2v) is 5.94. The van der Waals surface area contributed by atoms with E-state index in [1.54, 1.807) is 0 Å². The highest BCUT2D eigenvalue weighted by atomic mass is 16.5. The van der Waals surface area contributed by atoms with Crippen molar-refractivity contribution in [3.8, 4) is 5.75 Å². The second-order valence-electron chi connectivity index (χ2n) is 5.94. The first-order chi connectivity index (χ1) is 12.1. The maximum atomic E-state index is 12.3. The molecule has 5 nitrogen and oxygen atoms in total. The molecule has 2 aromatic carbocycles. The zero-order valence-electron chi connectivity index (χ0n) is 14.6. The van der Waals surface area contributed by atoms with E-state index in [1.807, 2.05) is 69.3 Å². The number of ether oxygens (including phenoxy) is 1. The maximum absolute atomic E-state index is 12.3. The molecule has 2 N–H and O–H groups in total. The predicted molar refractivity (Wildman–Crippen MR) is 99.1 cm³/mol. The first-order valence-corrected chi connectivity index (χ1v) is 8.36. The van der Waals surface area contributed by atoms with E-state index in [4.69, 9.17) is 9.15 Å². The lowest BCUT2D eigenvalue weighted by molar-refractivity contribution is 0.247. The van der Waals surface area contributed by atoms with E-state index in [0.29, 0.717) is 23.8 Å². The molecule has 0 saturated heterocycles. The molecule has 3 aromatic rings. The fraction of sp³-hybridized carbons (Fsp3) is 0.250. The summed E-state index contributed by atoms with van der Waals surface area (Å²) in [6.07, 6.45) is 0. The second kappa shape index (κ2) is 7.30. The fourth-order valence-corrected chi connectivity index (χ4v) is 2.65. The molecule has 0 saturated carbocycles. The number of benzene rings is 2. The molecule has 0 aliphatic heterocycles. The van der Waals surface area contributed by atoms with Gasteiger partial charge < -0.3 is 19.8 Å². The summed E-state index contributed by atoms with van der Waals surface area (Å²) in [4.78, 5) is 12.3. The van der Waals surface area contributed by atoms with Crippen molar-refractivity contribution in [3.63, 3.8) is 0 Å². The molecular formula is C20H22N2O3. The van der Waals surface area contributed by atoms with Gasteiger partial charge >= 0.3 is 6.03 Å². The van der Waals surface area contributed by atoms with E-state index in [9.17, 15) is 4.79 Å². The minimum atomic E-state index is -0.308. The van der Waals surface area contributed by atoms with Crippen LogP contribution in [0.5, 0.6) is 5.75 Å². The van der Waals surface area contributed by atoms with Crippen LogP contribution in [0.3, 0.4) is 0 Å². The SMILES string of the molecule is CCOc1cc(C)ccc1NC(=O)NC(C)c1cc2ccccc2o1. The number of furan rings is 1. The highest BCUT2D eigenvalue weighted by Crippen LogP contribution is 2.27. The van der Waals surface area contributed by atoms with Gasteiger partial charge in [0.1, 0.15) is 17.1 Å². The molecule has 130 valence electrons. The van der Waals surface area contributed by atoms with Crippen molar-refractivity contribution in [2.75, 3.05) is 11.9 Å². The van der Waals surface area contributed by atoms with Gasteiger partial charge in [-0.2, -0.15) is 0 Å². The van der Waals surface area contributed by atoms with E-state index in [-0.39, 0.29) is 12.1 Å². The van der Waals surface area contributed by atoms with Crippen LogP contribution in [0.15, 0.2) is 52.9 Å². The van der Waals surface area contributed by atoms with Gasteiger partial charge in [0.2, 0.25) is 0 Å². The number of fused-ring (bicyclic) bond motifs is 1. The Morgan fingerprint density at radius 1 is 1.20 bits per heavy atom. The highest BCUT2D eigenvalue weighted by Gasteiger charge is 2.15. The van der Waals surface area contributed by atoms with Crippen molar-refractivity contribution in [1.29, 1.82) is 0 Å². The average molecular weight is 338 g/mol. The van der Waals surface area contributed by atoms with Crippen molar-refractivity contribution >= 4 is 22.7 Å². The van der Waals surface area contributed by atoms with Crippen LogP contribution in [0.4, 0.5) is 10.5 Å². The first kappa shape index (κ1) is 16.9. The quantitative estimate of drug-likeness (QED) is 0.686. The Morgan fingerprint density at radius 2 is 2.00 bits per heavy atom. The topological polar surface area (TPSA) is 63.5 Å². The van der Waals surface area contributed by atoms with Crippen molar-refractivity contribution in [2.45, 2.75) is 26.8 Å². The number of rotatable bonds is 5. The van der Waals surface area contributed by atoms with Crippen molar-refractivity contribution < 1.29 is 13.9 Å². The van der Waals surface area contributed by atoms with Gasteiger partial charge in [0.25, 0.3) is 0 Å². The Hall–Kier alpha value is -2.95. The van der Waals surface area contributed by atoms with Crippen molar-refractivity contribution in [1.82, 2.24) is 5.32 Å². The number of carbonyl (C=O) groups is 1. The Kier molecular flexibility index (Phi) is 4.93. The van der Waals surface area contributed by atoms with Crippen molar-refractivity contribution in [2.24, 2.45) is 0 Å². The zero-order chi connectivity index (χ0) is 17.8. The van der Waals surface area contributed by atoms with E-state index < -0.39 is 0 Å². The normalized spacial score (nSPS) is 12.0. The lowest BCUT2D eigenvalue weighted by atomic mass is 10.2. The number of amides is 2. The summed E-state index contributed by atoms with van der Waals surface area (Å²) in [6.45, 7) is 6.32. The molecule has 3 rings (SSSR count). The average Bonchev–Trinajstić information content (AvgIpc) is 3.02. The summed E-state index contributed by atoms with van der Waals surface area (Å²) in [6, 6.07) is 14.8. The van der Waals surface area contributed by atoms with Crippen LogP contribution in [-0.4, -0.2) is 12.6 Å². The van der Waals surface area contributed by atoms with Crippen LogP contribution in [0.25, 0.3) is 11.0 Å². The number of anilines is 1. The van der Waals surface area contributed by atoms with Crippen LogP contribution in [0, 0.1) is 6.92 Å². The minimum absolute atomic E-state index is 0.256. The monoisotopic (exact) mass is 338 g/mol. The van der Waals surface area contributed by atoms with E-state index in [0.717, 1.165) is 16.5 Å².